The molecule has 242 valence electrons. The Morgan fingerprint density at radius 1 is 1.07 bits per heavy atom. The van der Waals surface area contributed by atoms with Gasteiger partial charge in [-0.25, -0.2) is 0 Å². The van der Waals surface area contributed by atoms with Crippen molar-refractivity contribution in [3.05, 3.63) is 35.4 Å². The fraction of sp³-hybridized carbons (Fsp3) is 0.722. The molecule has 1 aromatic carbocycles. The maximum atomic E-state index is 12.8. The van der Waals surface area contributed by atoms with E-state index in [1.54, 1.807) is 13.2 Å². The molecule has 7 nitrogen and oxygen atoms in total. The minimum atomic E-state index is 0.0821. The van der Waals surface area contributed by atoms with Gasteiger partial charge in [-0.15, -0.1) is 0 Å². The molecule has 5 N–H and O–H groups in total. The first-order chi connectivity index (χ1) is 20.8. The van der Waals surface area contributed by atoms with Gasteiger partial charge in [0.2, 0.25) is 0 Å². The fourth-order valence-electron chi connectivity index (χ4n) is 6.92. The molecule has 0 amide bonds. The van der Waals surface area contributed by atoms with Gasteiger partial charge in [0, 0.05) is 32.2 Å². The highest BCUT2D eigenvalue weighted by Crippen LogP contribution is 2.44. The van der Waals surface area contributed by atoms with Crippen molar-refractivity contribution in [1.82, 2.24) is 0 Å². The van der Waals surface area contributed by atoms with Crippen LogP contribution in [-0.4, -0.2) is 43.2 Å². The Bertz CT molecular complexity index is 1020. The van der Waals surface area contributed by atoms with Gasteiger partial charge in [-0.05, 0) is 106 Å². The normalized spacial score (nSPS) is 17.6. The lowest BCUT2D eigenvalue weighted by atomic mass is 9.78. The highest BCUT2D eigenvalue weighted by Gasteiger charge is 2.29. The third-order valence-electron chi connectivity index (χ3n) is 9.37. The molecule has 2 saturated carbocycles. The van der Waals surface area contributed by atoms with Crippen LogP contribution in [0.3, 0.4) is 0 Å². The Labute approximate surface area is 260 Å². The molecule has 0 saturated heterocycles. The molecule has 0 spiro atoms. The number of nitrogens with zero attached hydrogens (tertiary/aromatic N) is 1. The van der Waals surface area contributed by atoms with Gasteiger partial charge in [-0.3, -0.25) is 9.79 Å². The molecule has 0 heterocycles. The number of phenols is 1. The quantitative estimate of drug-likeness (QED) is 0.0617. The van der Waals surface area contributed by atoms with E-state index < -0.39 is 0 Å². The number of carbonyl (C=O) groups excluding carboxylic acids is 1. The second kappa shape index (κ2) is 19.0. The number of aryl methyl sites for hydroxylation is 1. The van der Waals surface area contributed by atoms with Crippen molar-refractivity contribution in [3.8, 4) is 11.5 Å². The summed E-state index contributed by atoms with van der Waals surface area (Å²) >= 11 is 0. The number of benzene rings is 1. The van der Waals surface area contributed by atoms with Crippen molar-refractivity contribution >= 4 is 11.7 Å². The molecule has 0 bridgehead atoms. The van der Waals surface area contributed by atoms with E-state index in [2.05, 4.69) is 31.0 Å². The lowest BCUT2D eigenvalue weighted by molar-refractivity contribution is -0.114. The molecule has 2 atom stereocenters. The molecule has 2 aliphatic rings. The number of aromatic hydroxyl groups is 1. The summed E-state index contributed by atoms with van der Waals surface area (Å²) in [5.74, 6) is 2.71. The number of carbonyl (C=O) groups is 1. The Morgan fingerprint density at radius 2 is 1.79 bits per heavy atom. The van der Waals surface area contributed by atoms with Gasteiger partial charge in [-0.1, -0.05) is 58.1 Å². The number of nitrogens with two attached hydrogens (primary N) is 2. The molecule has 1 aromatic rings. The summed E-state index contributed by atoms with van der Waals surface area (Å²) in [6.07, 6.45) is 20.6. The summed E-state index contributed by atoms with van der Waals surface area (Å²) in [6.45, 7) is 5.62. The minimum absolute atomic E-state index is 0.0821. The summed E-state index contributed by atoms with van der Waals surface area (Å²) in [7, 11) is 1.74. The van der Waals surface area contributed by atoms with Crippen molar-refractivity contribution in [2.24, 2.45) is 34.2 Å². The van der Waals surface area contributed by atoms with Crippen LogP contribution in [0, 0.1) is 17.8 Å². The van der Waals surface area contributed by atoms with Crippen LogP contribution in [0.2, 0.25) is 0 Å². The Morgan fingerprint density at radius 3 is 2.47 bits per heavy atom. The number of ketones is 1. The molecule has 2 aliphatic carbocycles. The predicted molar refractivity (Wildman–Crippen MR) is 177 cm³/mol. The second-order valence-electron chi connectivity index (χ2n) is 13.4. The molecule has 0 aromatic heterocycles. The van der Waals surface area contributed by atoms with Crippen LogP contribution in [0.5, 0.6) is 11.5 Å². The topological polar surface area (TPSA) is 120 Å². The minimum Gasteiger partial charge on any atom is -0.504 e. The van der Waals surface area contributed by atoms with E-state index in [0.29, 0.717) is 37.7 Å². The average molecular weight is 598 g/mol. The standard InChI is InChI=1S/C36H59N3O4/c1-26(2)18-21-32(29(25-42-3)14-10-22-39-36(37)38)33-23-28(24-34(35(33)41)43-31-16-8-9-17-31)19-20-30(40)15-7-6-13-27-11-4-5-12-27/h7,15,23-24,26-27,29,31-32,41H,4-6,8-14,16-22,25H2,1-3H3,(H4,37,38,39)/b15-7+/t29-,32-/m0/s1. The van der Waals surface area contributed by atoms with Crippen molar-refractivity contribution in [3.63, 3.8) is 0 Å². The van der Waals surface area contributed by atoms with Gasteiger partial charge < -0.3 is 26.0 Å². The van der Waals surface area contributed by atoms with Crippen LogP contribution >= 0.6 is 0 Å². The number of hydrogen-bond acceptors (Lipinski definition) is 5. The summed E-state index contributed by atoms with van der Waals surface area (Å²) < 4.78 is 12.1. The monoisotopic (exact) mass is 597 g/mol. The number of allylic oxidation sites excluding steroid dienone is 2. The molecule has 0 radical (unpaired) electrons. The number of aliphatic imine (C=N–C) groups is 1. The number of phenolic OH excluding ortho intramolecular Hbond substituents is 1. The van der Waals surface area contributed by atoms with E-state index in [-0.39, 0.29) is 35.4 Å². The predicted octanol–water partition coefficient (Wildman–Crippen LogP) is 7.58. The lowest BCUT2D eigenvalue weighted by Gasteiger charge is -2.30. The molecule has 7 heteroatoms. The van der Waals surface area contributed by atoms with Crippen LogP contribution in [0.1, 0.15) is 127 Å². The smallest absolute Gasteiger partial charge is 0.185 e. The Hall–Kier alpha value is -2.54. The summed E-state index contributed by atoms with van der Waals surface area (Å²) in [5.41, 5.74) is 13.1. The number of ether oxygens (including phenoxy) is 2. The molecule has 3 rings (SSSR count). The van der Waals surface area contributed by atoms with Gasteiger partial charge in [0.1, 0.15) is 0 Å². The number of hydrogen-bond donors (Lipinski definition) is 3. The molecular formula is C36H59N3O4. The molecule has 0 unspecified atom stereocenters. The highest BCUT2D eigenvalue weighted by molar-refractivity contribution is 5.89. The summed E-state index contributed by atoms with van der Waals surface area (Å²) in [6, 6.07) is 4.09. The zero-order chi connectivity index (χ0) is 31.0. The van der Waals surface area contributed by atoms with E-state index in [0.717, 1.165) is 74.8 Å². The van der Waals surface area contributed by atoms with Gasteiger partial charge in [0.25, 0.3) is 0 Å². The Balaban J connectivity index is 1.81. The van der Waals surface area contributed by atoms with E-state index in [4.69, 9.17) is 20.9 Å². The van der Waals surface area contributed by atoms with E-state index >= 15 is 0 Å². The number of methoxy groups -OCH3 is 1. The van der Waals surface area contributed by atoms with Crippen molar-refractivity contribution < 1.29 is 19.4 Å². The zero-order valence-electron chi connectivity index (χ0n) is 27.2. The van der Waals surface area contributed by atoms with Gasteiger partial charge in [0.05, 0.1) is 6.10 Å². The fourth-order valence-corrected chi connectivity index (χ4v) is 6.92. The van der Waals surface area contributed by atoms with Crippen LogP contribution in [0.15, 0.2) is 29.3 Å². The maximum Gasteiger partial charge on any atom is 0.185 e. The van der Waals surface area contributed by atoms with E-state index in [1.807, 2.05) is 6.07 Å². The maximum absolute atomic E-state index is 12.8. The van der Waals surface area contributed by atoms with Crippen LogP contribution < -0.4 is 16.2 Å². The van der Waals surface area contributed by atoms with Crippen molar-refractivity contribution in [2.45, 2.75) is 129 Å². The first-order valence-electron chi connectivity index (χ1n) is 17.0. The zero-order valence-corrected chi connectivity index (χ0v) is 27.2. The van der Waals surface area contributed by atoms with Crippen molar-refractivity contribution in [2.75, 3.05) is 20.3 Å². The third kappa shape index (κ3) is 12.5. The summed E-state index contributed by atoms with van der Waals surface area (Å²) in [5, 5.41) is 11.7. The first-order valence-corrected chi connectivity index (χ1v) is 17.0. The first kappa shape index (κ1) is 34.9. The molecular weight excluding hydrogens is 538 g/mol. The highest BCUT2D eigenvalue weighted by atomic mass is 16.5. The molecule has 2 fully saturated rings. The lowest BCUT2D eigenvalue weighted by Crippen LogP contribution is -2.23. The largest absolute Gasteiger partial charge is 0.504 e. The van der Waals surface area contributed by atoms with Crippen LogP contribution in [0.4, 0.5) is 0 Å². The summed E-state index contributed by atoms with van der Waals surface area (Å²) in [4.78, 5) is 17.0. The average Bonchev–Trinajstić information content (AvgIpc) is 3.69. The van der Waals surface area contributed by atoms with E-state index in [9.17, 15) is 9.90 Å². The van der Waals surface area contributed by atoms with Crippen LogP contribution in [-0.2, 0) is 16.0 Å². The van der Waals surface area contributed by atoms with Crippen molar-refractivity contribution in [1.29, 1.82) is 0 Å². The van der Waals surface area contributed by atoms with E-state index in [1.165, 1.54) is 32.1 Å². The van der Waals surface area contributed by atoms with Gasteiger partial charge in [0.15, 0.2) is 23.2 Å². The third-order valence-corrected chi connectivity index (χ3v) is 9.37. The van der Waals surface area contributed by atoms with Gasteiger partial charge in [-0.2, -0.15) is 0 Å². The molecule has 43 heavy (non-hydrogen) atoms. The number of rotatable bonds is 20. The van der Waals surface area contributed by atoms with Crippen LogP contribution in [0.25, 0.3) is 0 Å². The number of guanidine groups is 1. The second-order valence-corrected chi connectivity index (χ2v) is 13.4. The molecule has 0 aliphatic heterocycles. The Kier molecular flexibility index (Phi) is 15.4. The SMILES string of the molecule is COC[C@H](CCCN=C(N)N)[C@H](CCC(C)C)c1cc(CCC(=O)/C=C/CCC2CCCC2)cc(OC2CCCC2)c1O. The van der Waals surface area contributed by atoms with Gasteiger partial charge >= 0.3 is 0 Å².